The number of anilines is 1. The monoisotopic (exact) mass is 493 g/mol. The molecule has 0 spiro atoms. The zero-order valence-electron chi connectivity index (χ0n) is 19.2. The Balaban J connectivity index is 1.51. The van der Waals surface area contributed by atoms with Crippen LogP contribution >= 0.6 is 11.6 Å². The molecule has 4 heterocycles. The van der Waals surface area contributed by atoms with Gasteiger partial charge >= 0.3 is 0 Å². The SMILES string of the molecule is COCc1cc2c(cc1C(=O)N1CCc3cc(Cl)ccc31)[nH]c(=O)c1nnc(C3CCOCC3)n12. The molecule has 1 fully saturated rings. The van der Waals surface area contributed by atoms with Crippen LogP contribution in [0.1, 0.15) is 46.1 Å². The molecule has 0 saturated carbocycles. The number of aromatic amines is 1. The molecule has 0 bridgehead atoms. The van der Waals surface area contributed by atoms with E-state index in [9.17, 15) is 9.59 Å². The molecule has 2 aliphatic rings. The maximum absolute atomic E-state index is 13.7. The fourth-order valence-corrected chi connectivity index (χ4v) is 5.39. The number of nitrogens with one attached hydrogen (secondary N) is 1. The van der Waals surface area contributed by atoms with Gasteiger partial charge in [0.05, 0.1) is 17.6 Å². The fourth-order valence-electron chi connectivity index (χ4n) is 5.20. The summed E-state index contributed by atoms with van der Waals surface area (Å²) in [7, 11) is 1.60. The van der Waals surface area contributed by atoms with Crippen LogP contribution in [0.25, 0.3) is 16.7 Å². The highest BCUT2D eigenvalue weighted by molar-refractivity contribution is 6.30. The summed E-state index contributed by atoms with van der Waals surface area (Å²) in [5.41, 5.74) is 4.30. The van der Waals surface area contributed by atoms with Crippen molar-refractivity contribution >= 4 is 39.9 Å². The fraction of sp³-hybridized carbons (Fsp3) is 0.360. The number of hydrogen-bond acceptors (Lipinski definition) is 6. The van der Waals surface area contributed by atoms with E-state index in [2.05, 4.69) is 15.2 Å². The number of nitrogens with zero attached hydrogens (tertiary/aromatic N) is 4. The van der Waals surface area contributed by atoms with E-state index < -0.39 is 0 Å². The number of carbonyl (C=O) groups excluding carboxylic acids is 1. The first-order valence-electron chi connectivity index (χ1n) is 11.7. The minimum absolute atomic E-state index is 0.142. The Labute approximate surface area is 205 Å². The van der Waals surface area contributed by atoms with Crippen molar-refractivity contribution < 1.29 is 14.3 Å². The van der Waals surface area contributed by atoms with Crippen LogP contribution in [-0.4, -0.2) is 52.4 Å². The Hall–Kier alpha value is -3.27. The number of carbonyl (C=O) groups is 1. The molecule has 2 aliphatic heterocycles. The highest BCUT2D eigenvalue weighted by Crippen LogP contribution is 2.33. The van der Waals surface area contributed by atoms with Crippen LogP contribution in [0.15, 0.2) is 35.1 Å². The summed E-state index contributed by atoms with van der Waals surface area (Å²) in [5.74, 6) is 0.741. The average molecular weight is 494 g/mol. The van der Waals surface area contributed by atoms with Crippen LogP contribution < -0.4 is 10.5 Å². The quantitative estimate of drug-likeness (QED) is 0.467. The van der Waals surface area contributed by atoms with Crippen molar-refractivity contribution in [2.75, 3.05) is 31.8 Å². The van der Waals surface area contributed by atoms with Crippen molar-refractivity contribution in [3.8, 4) is 0 Å². The normalized spacial score (nSPS) is 16.3. The van der Waals surface area contributed by atoms with Crippen molar-refractivity contribution in [1.29, 1.82) is 0 Å². The van der Waals surface area contributed by atoms with Crippen molar-refractivity contribution in [2.45, 2.75) is 31.8 Å². The molecule has 1 saturated heterocycles. The lowest BCUT2D eigenvalue weighted by Gasteiger charge is -2.22. The van der Waals surface area contributed by atoms with Gasteiger partial charge in [-0.1, -0.05) is 11.6 Å². The molecule has 2 aromatic carbocycles. The molecule has 0 unspecified atom stereocenters. The second-order valence-corrected chi connectivity index (χ2v) is 9.43. The van der Waals surface area contributed by atoms with Gasteiger partial charge in [0.2, 0.25) is 5.65 Å². The van der Waals surface area contributed by atoms with E-state index in [-0.39, 0.29) is 29.6 Å². The standard InChI is InChI=1S/C25H24ClN5O4/c1-34-13-16-11-21-19(12-18(16)25(33)30-7-4-15-10-17(26)2-3-20(15)30)27-24(32)23-29-28-22(31(21)23)14-5-8-35-9-6-14/h2-3,10-12,14H,4-9,13H2,1H3,(H,27,32). The first-order valence-corrected chi connectivity index (χ1v) is 12.0. The van der Waals surface area contributed by atoms with Gasteiger partial charge in [0.25, 0.3) is 11.5 Å². The van der Waals surface area contributed by atoms with Crippen molar-refractivity contribution in [1.82, 2.24) is 19.6 Å². The molecular weight excluding hydrogens is 470 g/mol. The van der Waals surface area contributed by atoms with Gasteiger partial charge in [-0.25, -0.2) is 0 Å². The van der Waals surface area contributed by atoms with E-state index in [1.165, 1.54) is 0 Å². The second-order valence-electron chi connectivity index (χ2n) is 9.00. The third-order valence-electron chi connectivity index (χ3n) is 6.90. The Kier molecular flexibility index (Phi) is 5.55. The molecule has 35 heavy (non-hydrogen) atoms. The number of benzene rings is 2. The van der Waals surface area contributed by atoms with Gasteiger partial charge in [-0.15, -0.1) is 10.2 Å². The summed E-state index contributed by atoms with van der Waals surface area (Å²) >= 11 is 6.15. The van der Waals surface area contributed by atoms with E-state index in [1.54, 1.807) is 24.1 Å². The number of halogens is 1. The van der Waals surface area contributed by atoms with Gasteiger partial charge in [-0.3, -0.25) is 14.0 Å². The zero-order chi connectivity index (χ0) is 24.1. The molecule has 0 radical (unpaired) electrons. The molecule has 1 amide bonds. The predicted octanol–water partition coefficient (Wildman–Crippen LogP) is 3.47. The topological polar surface area (TPSA) is 102 Å². The van der Waals surface area contributed by atoms with E-state index in [0.717, 1.165) is 47.4 Å². The molecule has 2 aromatic heterocycles. The van der Waals surface area contributed by atoms with E-state index in [0.29, 0.717) is 35.9 Å². The van der Waals surface area contributed by atoms with Crippen molar-refractivity contribution in [3.05, 3.63) is 68.2 Å². The van der Waals surface area contributed by atoms with Gasteiger partial charge in [-0.2, -0.15) is 0 Å². The minimum Gasteiger partial charge on any atom is -0.381 e. The van der Waals surface area contributed by atoms with Crippen molar-refractivity contribution in [3.63, 3.8) is 0 Å². The summed E-state index contributed by atoms with van der Waals surface area (Å²) in [5, 5.41) is 9.21. The van der Waals surface area contributed by atoms with E-state index >= 15 is 0 Å². The highest BCUT2D eigenvalue weighted by atomic mass is 35.5. The number of hydrogen-bond donors (Lipinski definition) is 1. The molecule has 6 rings (SSSR count). The number of aromatic nitrogens is 4. The smallest absolute Gasteiger partial charge is 0.294 e. The number of methoxy groups -OCH3 is 1. The van der Waals surface area contributed by atoms with Gasteiger partial charge in [0.15, 0.2) is 0 Å². The van der Waals surface area contributed by atoms with Gasteiger partial charge in [-0.05, 0) is 60.7 Å². The molecule has 10 heteroatoms. The summed E-state index contributed by atoms with van der Waals surface area (Å²) in [6, 6.07) is 9.22. The van der Waals surface area contributed by atoms with E-state index in [4.69, 9.17) is 21.1 Å². The van der Waals surface area contributed by atoms with Crippen LogP contribution in [0.4, 0.5) is 5.69 Å². The number of H-pyrrole nitrogens is 1. The molecular formula is C25H24ClN5O4. The van der Waals surface area contributed by atoms with Gasteiger partial charge in [0.1, 0.15) is 5.82 Å². The first kappa shape index (κ1) is 22.2. The van der Waals surface area contributed by atoms with Crippen LogP contribution in [-0.2, 0) is 22.5 Å². The summed E-state index contributed by atoms with van der Waals surface area (Å²) < 4.78 is 12.8. The maximum Gasteiger partial charge on any atom is 0.294 e. The van der Waals surface area contributed by atoms with Crippen molar-refractivity contribution in [2.24, 2.45) is 0 Å². The Morgan fingerprint density at radius 2 is 2.06 bits per heavy atom. The summed E-state index contributed by atoms with van der Waals surface area (Å²) in [6.07, 6.45) is 2.37. The Bertz CT molecular complexity index is 1520. The summed E-state index contributed by atoms with van der Waals surface area (Å²) in [6.45, 7) is 2.11. The number of amides is 1. The van der Waals surface area contributed by atoms with Gasteiger partial charge < -0.3 is 19.4 Å². The van der Waals surface area contributed by atoms with E-state index in [1.807, 2.05) is 22.6 Å². The lowest BCUT2D eigenvalue weighted by Crippen LogP contribution is -2.30. The number of ether oxygens (including phenoxy) is 2. The lowest BCUT2D eigenvalue weighted by atomic mass is 9.99. The van der Waals surface area contributed by atoms with Gasteiger partial charge in [0, 0.05) is 49.1 Å². The predicted molar refractivity (Wildman–Crippen MR) is 131 cm³/mol. The van der Waals surface area contributed by atoms with Crippen LogP contribution in [0, 0.1) is 0 Å². The summed E-state index contributed by atoms with van der Waals surface area (Å²) in [4.78, 5) is 31.3. The average Bonchev–Trinajstić information content (AvgIpc) is 3.49. The second kappa shape index (κ2) is 8.75. The molecule has 9 nitrogen and oxygen atoms in total. The Morgan fingerprint density at radius 1 is 1.23 bits per heavy atom. The molecule has 180 valence electrons. The molecule has 0 aliphatic carbocycles. The number of fused-ring (bicyclic) bond motifs is 4. The number of rotatable bonds is 4. The molecule has 1 N–H and O–H groups in total. The zero-order valence-corrected chi connectivity index (χ0v) is 20.0. The Morgan fingerprint density at radius 3 is 2.86 bits per heavy atom. The first-order chi connectivity index (χ1) is 17.0. The molecule has 0 atom stereocenters. The third kappa shape index (κ3) is 3.71. The van der Waals surface area contributed by atoms with Crippen LogP contribution in [0.3, 0.4) is 0 Å². The largest absolute Gasteiger partial charge is 0.381 e. The molecule has 4 aromatic rings. The third-order valence-corrected chi connectivity index (χ3v) is 7.14. The van der Waals surface area contributed by atoms with Crippen LogP contribution in [0.2, 0.25) is 5.02 Å². The minimum atomic E-state index is -0.345. The highest BCUT2D eigenvalue weighted by Gasteiger charge is 2.29. The van der Waals surface area contributed by atoms with Crippen LogP contribution in [0.5, 0.6) is 0 Å². The maximum atomic E-state index is 13.7. The lowest BCUT2D eigenvalue weighted by molar-refractivity contribution is 0.0834.